The van der Waals surface area contributed by atoms with Crippen molar-refractivity contribution in [3.8, 4) is 5.75 Å². The molecular weight excluding hydrogens is 236 g/mol. The Labute approximate surface area is 118 Å². The Balaban J connectivity index is 0.000000218. The fraction of sp³-hybridized carbons (Fsp3) is 0.625. The summed E-state index contributed by atoms with van der Waals surface area (Å²) in [7, 11) is 4.07. The summed E-state index contributed by atoms with van der Waals surface area (Å²) in [6.45, 7) is 6.47. The van der Waals surface area contributed by atoms with Gasteiger partial charge < -0.3 is 15.0 Å². The van der Waals surface area contributed by atoms with E-state index in [0.717, 1.165) is 24.8 Å². The van der Waals surface area contributed by atoms with E-state index in [4.69, 9.17) is 4.74 Å². The number of nitrogens with one attached hydrogen (secondary N) is 1. The monoisotopic (exact) mass is 264 g/mol. The van der Waals surface area contributed by atoms with Crippen LogP contribution in [0.2, 0.25) is 0 Å². The number of rotatable bonds is 4. The zero-order valence-corrected chi connectivity index (χ0v) is 12.6. The van der Waals surface area contributed by atoms with Gasteiger partial charge in [0.15, 0.2) is 0 Å². The largest absolute Gasteiger partial charge is 0.492 e. The molecule has 1 unspecified atom stereocenters. The summed E-state index contributed by atoms with van der Waals surface area (Å²) in [5, 5.41) is 3.33. The molecule has 1 aliphatic rings. The fourth-order valence-corrected chi connectivity index (χ4v) is 1.89. The molecule has 0 amide bonds. The average molecular weight is 264 g/mol. The van der Waals surface area contributed by atoms with Gasteiger partial charge in [-0.2, -0.15) is 0 Å². The highest BCUT2D eigenvalue weighted by atomic mass is 16.5. The minimum Gasteiger partial charge on any atom is -0.492 e. The molecule has 0 radical (unpaired) electrons. The lowest BCUT2D eigenvalue weighted by Gasteiger charge is -2.17. The van der Waals surface area contributed by atoms with Crippen molar-refractivity contribution in [1.82, 2.24) is 10.2 Å². The minimum absolute atomic E-state index is 0.747. The molecule has 1 fully saturated rings. The third kappa shape index (κ3) is 8.62. The van der Waals surface area contributed by atoms with Gasteiger partial charge in [0.05, 0.1) is 0 Å². The first-order valence-corrected chi connectivity index (χ1v) is 7.22. The summed E-state index contributed by atoms with van der Waals surface area (Å²) in [6.07, 6.45) is 2.80. The van der Waals surface area contributed by atoms with Crippen molar-refractivity contribution in [2.75, 3.05) is 40.3 Å². The molecule has 19 heavy (non-hydrogen) atoms. The second-order valence-corrected chi connectivity index (χ2v) is 5.42. The van der Waals surface area contributed by atoms with Crippen LogP contribution in [0.15, 0.2) is 30.3 Å². The third-order valence-electron chi connectivity index (χ3n) is 3.09. The van der Waals surface area contributed by atoms with Crippen LogP contribution < -0.4 is 10.1 Å². The SMILES string of the molecule is CC1CCCNC1.CN(C)CCOc1ccccc1. The topological polar surface area (TPSA) is 24.5 Å². The molecule has 2 rings (SSSR count). The standard InChI is InChI=1S/C10H15NO.C6H13N/c1-11(2)8-9-12-10-6-4-3-5-7-10;1-6-3-2-4-7-5-6/h3-7H,8-9H2,1-2H3;6-7H,2-5H2,1H3. The van der Waals surface area contributed by atoms with E-state index in [-0.39, 0.29) is 0 Å². The summed E-state index contributed by atoms with van der Waals surface area (Å²) in [6, 6.07) is 9.88. The Bertz CT molecular complexity index is 308. The normalized spacial score (nSPS) is 18.6. The van der Waals surface area contributed by atoms with Crippen LogP contribution in [-0.4, -0.2) is 45.2 Å². The van der Waals surface area contributed by atoms with Gasteiger partial charge in [0.25, 0.3) is 0 Å². The lowest BCUT2D eigenvalue weighted by atomic mass is 10.0. The minimum atomic E-state index is 0.747. The van der Waals surface area contributed by atoms with E-state index in [1.165, 1.54) is 25.9 Å². The van der Waals surface area contributed by atoms with Gasteiger partial charge in [0.1, 0.15) is 12.4 Å². The molecule has 0 spiro atoms. The van der Waals surface area contributed by atoms with Crippen LogP contribution in [0.1, 0.15) is 19.8 Å². The zero-order chi connectivity index (χ0) is 13.9. The van der Waals surface area contributed by atoms with Gasteiger partial charge in [-0.05, 0) is 58.1 Å². The molecule has 1 aromatic rings. The maximum absolute atomic E-state index is 5.48. The molecule has 1 atom stereocenters. The predicted octanol–water partition coefficient (Wildman–Crippen LogP) is 2.63. The van der Waals surface area contributed by atoms with Crippen LogP contribution in [0.5, 0.6) is 5.75 Å². The molecule has 3 heteroatoms. The first-order valence-electron chi connectivity index (χ1n) is 7.22. The first kappa shape index (κ1) is 16.0. The van der Waals surface area contributed by atoms with Crippen LogP contribution in [-0.2, 0) is 0 Å². The summed E-state index contributed by atoms with van der Waals surface area (Å²) in [4.78, 5) is 2.10. The van der Waals surface area contributed by atoms with Crippen molar-refractivity contribution in [1.29, 1.82) is 0 Å². The van der Waals surface area contributed by atoms with Gasteiger partial charge in [-0.15, -0.1) is 0 Å². The number of likely N-dealkylation sites (N-methyl/N-ethyl adjacent to an activating group) is 1. The van der Waals surface area contributed by atoms with Crippen molar-refractivity contribution in [3.63, 3.8) is 0 Å². The van der Waals surface area contributed by atoms with Crippen LogP contribution in [0.25, 0.3) is 0 Å². The predicted molar refractivity (Wildman–Crippen MR) is 81.8 cm³/mol. The van der Waals surface area contributed by atoms with E-state index in [0.29, 0.717) is 0 Å². The molecule has 1 N–H and O–H groups in total. The van der Waals surface area contributed by atoms with Gasteiger partial charge in [0, 0.05) is 6.54 Å². The summed E-state index contributed by atoms with van der Waals surface area (Å²) < 4.78 is 5.48. The van der Waals surface area contributed by atoms with E-state index in [1.807, 2.05) is 44.4 Å². The average Bonchev–Trinajstić information content (AvgIpc) is 2.41. The first-order chi connectivity index (χ1) is 9.18. The van der Waals surface area contributed by atoms with E-state index >= 15 is 0 Å². The number of nitrogens with zero attached hydrogens (tertiary/aromatic N) is 1. The lowest BCUT2D eigenvalue weighted by Crippen LogP contribution is -2.27. The summed E-state index contributed by atoms with van der Waals surface area (Å²) in [5.74, 6) is 1.87. The smallest absolute Gasteiger partial charge is 0.119 e. The number of hydrogen-bond acceptors (Lipinski definition) is 3. The van der Waals surface area contributed by atoms with E-state index < -0.39 is 0 Å². The van der Waals surface area contributed by atoms with Crippen molar-refractivity contribution in [3.05, 3.63) is 30.3 Å². The van der Waals surface area contributed by atoms with E-state index in [2.05, 4.69) is 17.1 Å². The van der Waals surface area contributed by atoms with Crippen LogP contribution in [0.4, 0.5) is 0 Å². The molecule has 1 aliphatic heterocycles. The number of hydrogen-bond donors (Lipinski definition) is 1. The molecule has 1 aromatic carbocycles. The molecule has 0 aromatic heterocycles. The van der Waals surface area contributed by atoms with Crippen LogP contribution in [0.3, 0.4) is 0 Å². The van der Waals surface area contributed by atoms with Gasteiger partial charge >= 0.3 is 0 Å². The van der Waals surface area contributed by atoms with Gasteiger partial charge in [-0.25, -0.2) is 0 Å². The molecule has 0 bridgehead atoms. The number of para-hydroxylation sites is 1. The molecule has 0 saturated carbocycles. The molecule has 0 aliphatic carbocycles. The molecular formula is C16H28N2O. The Morgan fingerprint density at radius 3 is 2.47 bits per heavy atom. The Hall–Kier alpha value is -1.06. The molecule has 108 valence electrons. The van der Waals surface area contributed by atoms with Crippen molar-refractivity contribution in [2.45, 2.75) is 19.8 Å². The number of piperidine rings is 1. The van der Waals surface area contributed by atoms with Crippen molar-refractivity contribution < 1.29 is 4.74 Å². The van der Waals surface area contributed by atoms with Crippen LogP contribution >= 0.6 is 0 Å². The lowest BCUT2D eigenvalue weighted by molar-refractivity contribution is 0.261. The van der Waals surface area contributed by atoms with Crippen molar-refractivity contribution in [2.24, 2.45) is 5.92 Å². The Morgan fingerprint density at radius 2 is 2.00 bits per heavy atom. The zero-order valence-electron chi connectivity index (χ0n) is 12.6. The second-order valence-electron chi connectivity index (χ2n) is 5.42. The van der Waals surface area contributed by atoms with Crippen molar-refractivity contribution >= 4 is 0 Å². The highest BCUT2D eigenvalue weighted by Crippen LogP contribution is 2.07. The Morgan fingerprint density at radius 1 is 1.26 bits per heavy atom. The van der Waals surface area contributed by atoms with E-state index in [1.54, 1.807) is 0 Å². The maximum Gasteiger partial charge on any atom is 0.119 e. The van der Waals surface area contributed by atoms with E-state index in [9.17, 15) is 0 Å². The Kier molecular flexibility index (Phi) is 8.26. The highest BCUT2D eigenvalue weighted by Gasteiger charge is 2.04. The highest BCUT2D eigenvalue weighted by molar-refractivity contribution is 5.20. The number of benzene rings is 1. The summed E-state index contributed by atoms with van der Waals surface area (Å²) in [5.41, 5.74) is 0. The molecule has 1 saturated heterocycles. The van der Waals surface area contributed by atoms with Crippen LogP contribution in [0, 0.1) is 5.92 Å². The quantitative estimate of drug-likeness (QED) is 0.905. The fourth-order valence-electron chi connectivity index (χ4n) is 1.89. The maximum atomic E-state index is 5.48. The van der Waals surface area contributed by atoms with Gasteiger partial charge in [-0.3, -0.25) is 0 Å². The second kappa shape index (κ2) is 9.82. The van der Waals surface area contributed by atoms with Gasteiger partial charge in [0.2, 0.25) is 0 Å². The molecule has 1 heterocycles. The number of ether oxygens (including phenoxy) is 1. The third-order valence-corrected chi connectivity index (χ3v) is 3.09. The summed E-state index contributed by atoms with van der Waals surface area (Å²) >= 11 is 0. The van der Waals surface area contributed by atoms with Gasteiger partial charge in [-0.1, -0.05) is 25.1 Å². The molecule has 3 nitrogen and oxygen atoms in total.